The zero-order valence-electron chi connectivity index (χ0n) is 27.9. The fraction of sp³-hybridized carbons (Fsp3) is 0.800. The van der Waals surface area contributed by atoms with Crippen molar-refractivity contribution in [2.75, 3.05) is 19.8 Å². The van der Waals surface area contributed by atoms with E-state index >= 15 is 0 Å². The molecule has 2 heterocycles. The van der Waals surface area contributed by atoms with Crippen molar-refractivity contribution in [2.24, 2.45) is 17.8 Å². The minimum absolute atomic E-state index is 0.0162. The lowest BCUT2D eigenvalue weighted by Crippen LogP contribution is -2.51. The van der Waals surface area contributed by atoms with Gasteiger partial charge in [0, 0.05) is 12.8 Å². The summed E-state index contributed by atoms with van der Waals surface area (Å²) >= 11 is 0. The highest BCUT2D eigenvalue weighted by molar-refractivity contribution is 5.71. The van der Waals surface area contributed by atoms with E-state index < -0.39 is 68.4 Å². The average Bonchev–Trinajstić information content (AvgIpc) is 3.37. The number of hydrogen-bond acceptors (Lipinski definition) is 13. The Morgan fingerprint density at radius 3 is 2.19 bits per heavy atom. The number of carbonyl (C=O) groups is 1. The predicted octanol–water partition coefficient (Wildman–Crippen LogP) is 0.708. The number of hydrogen-bond donors (Lipinski definition) is 8. The first-order chi connectivity index (χ1) is 23.1. The molecular formula is C35H56O13. The van der Waals surface area contributed by atoms with Gasteiger partial charge in [0.1, 0.15) is 30.2 Å². The normalized spacial score (nSPS) is 35.9. The van der Waals surface area contributed by atoms with Crippen LogP contribution in [0, 0.1) is 17.8 Å². The van der Waals surface area contributed by atoms with Crippen LogP contribution >= 0.6 is 0 Å². The summed E-state index contributed by atoms with van der Waals surface area (Å²) < 4.78 is 21.2. The summed E-state index contributed by atoms with van der Waals surface area (Å²) in [5.41, 5.74) is 2.34. The molecule has 5 rings (SSSR count). The molecule has 0 radical (unpaired) electrons. The van der Waals surface area contributed by atoms with Gasteiger partial charge in [-0.3, -0.25) is 0 Å². The zero-order valence-corrected chi connectivity index (χ0v) is 27.9. The van der Waals surface area contributed by atoms with Gasteiger partial charge in [-0.05, 0) is 60.6 Å². The van der Waals surface area contributed by atoms with Gasteiger partial charge < -0.3 is 59.8 Å². The first-order valence-electron chi connectivity index (χ1n) is 17.6. The number of aliphatic hydroxyl groups excluding tert-OH is 8. The minimum atomic E-state index is -1.23. The number of esters is 1. The van der Waals surface area contributed by atoms with Gasteiger partial charge in [-0.2, -0.15) is 0 Å². The molecule has 2 saturated heterocycles. The Kier molecular flexibility index (Phi) is 15.3. The SMILES string of the molecule is CCCCCCCC[C@@H]1C(O)C[C@H]2Cc3c(cccc3OCC(=O)OC3CC(O)[C@H](O)C(CO)O3)C[C@H]21.OCC1OC(O)CC(O)C1O. The first-order valence-corrected chi connectivity index (χ1v) is 17.6. The summed E-state index contributed by atoms with van der Waals surface area (Å²) in [6.07, 6.45) is 2.40. The van der Waals surface area contributed by atoms with Crippen LogP contribution in [0.2, 0.25) is 0 Å². The van der Waals surface area contributed by atoms with Crippen LogP contribution in [-0.2, 0) is 31.8 Å². The standard InChI is InChI=1S/C29H44O8.C6H12O5/c1-2-3-4-5-6-7-10-20-21-12-18-9-8-11-25(22(18)13-19(21)14-23(20)31)35-17-27(33)37-28-15-24(32)29(34)26(16-30)36-28;7-2-4-6(10)3(8)1-5(9)11-4/h8-9,11,19-21,23-24,26,28-32,34H,2-7,10,12-17H2,1H3;3-10H,1-2H2/t19-,20+,21-,23?,24?,26?,28?,29+;/m1./s1. The van der Waals surface area contributed by atoms with Gasteiger partial charge in [-0.1, -0.05) is 57.6 Å². The molecule has 1 aromatic carbocycles. The summed E-state index contributed by atoms with van der Waals surface area (Å²) in [4.78, 5) is 12.4. The lowest BCUT2D eigenvalue weighted by atomic mass is 9.73. The Labute approximate surface area is 282 Å². The van der Waals surface area contributed by atoms with E-state index in [4.69, 9.17) is 39.4 Å². The maximum Gasteiger partial charge on any atom is 0.346 e. The maximum absolute atomic E-state index is 12.4. The van der Waals surface area contributed by atoms with Crippen LogP contribution < -0.4 is 4.74 Å². The van der Waals surface area contributed by atoms with E-state index in [1.807, 2.05) is 12.1 Å². The molecule has 13 heteroatoms. The molecule has 0 spiro atoms. The number of rotatable bonds is 13. The Morgan fingerprint density at radius 2 is 1.48 bits per heavy atom. The summed E-state index contributed by atoms with van der Waals surface area (Å²) in [5.74, 6) is 1.28. The van der Waals surface area contributed by atoms with Gasteiger partial charge in [0.2, 0.25) is 6.29 Å². The highest BCUT2D eigenvalue weighted by Crippen LogP contribution is 2.48. The Balaban J connectivity index is 0.000000401. The van der Waals surface area contributed by atoms with Crippen LogP contribution in [-0.4, -0.2) is 122 Å². The molecule has 2 aliphatic heterocycles. The molecule has 8 unspecified atom stereocenters. The highest BCUT2D eigenvalue weighted by atomic mass is 16.7. The fourth-order valence-electron chi connectivity index (χ4n) is 7.64. The number of aliphatic hydroxyl groups is 8. The monoisotopic (exact) mass is 684 g/mol. The molecule has 1 aromatic rings. The molecule has 0 aromatic heterocycles. The third kappa shape index (κ3) is 10.3. The molecule has 3 fully saturated rings. The number of ether oxygens (including phenoxy) is 4. The number of carbonyl (C=O) groups excluding carboxylic acids is 1. The quantitative estimate of drug-likeness (QED) is 0.106. The van der Waals surface area contributed by atoms with Gasteiger partial charge in [0.25, 0.3) is 0 Å². The van der Waals surface area contributed by atoms with Crippen molar-refractivity contribution in [1.29, 1.82) is 0 Å². The van der Waals surface area contributed by atoms with E-state index in [1.165, 1.54) is 44.1 Å². The van der Waals surface area contributed by atoms with Crippen molar-refractivity contribution in [1.82, 2.24) is 0 Å². The van der Waals surface area contributed by atoms with Crippen LogP contribution in [0.3, 0.4) is 0 Å². The summed E-state index contributed by atoms with van der Waals surface area (Å²) in [5, 5.41) is 75.5. The Morgan fingerprint density at radius 1 is 0.812 bits per heavy atom. The zero-order chi connectivity index (χ0) is 34.8. The maximum atomic E-state index is 12.4. The summed E-state index contributed by atoms with van der Waals surface area (Å²) in [6, 6.07) is 5.94. The van der Waals surface area contributed by atoms with Gasteiger partial charge in [-0.15, -0.1) is 0 Å². The van der Waals surface area contributed by atoms with Crippen molar-refractivity contribution in [2.45, 2.75) is 139 Å². The number of benzene rings is 1. The first kappa shape index (κ1) is 38.9. The van der Waals surface area contributed by atoms with E-state index in [0.29, 0.717) is 23.5 Å². The van der Waals surface area contributed by atoms with E-state index in [-0.39, 0.29) is 25.6 Å². The highest BCUT2D eigenvalue weighted by Gasteiger charge is 2.45. The Hall–Kier alpha value is -1.91. The molecule has 13 nitrogen and oxygen atoms in total. The molecule has 1 saturated carbocycles. The van der Waals surface area contributed by atoms with Crippen molar-refractivity contribution in [3.8, 4) is 5.75 Å². The number of unbranched alkanes of at least 4 members (excludes halogenated alkanes) is 5. The largest absolute Gasteiger partial charge is 0.482 e. The van der Waals surface area contributed by atoms with Crippen LogP contribution in [0.25, 0.3) is 0 Å². The third-order valence-electron chi connectivity index (χ3n) is 10.3. The van der Waals surface area contributed by atoms with Crippen LogP contribution in [0.1, 0.15) is 82.3 Å². The lowest BCUT2D eigenvalue weighted by molar-refractivity contribution is -0.251. The Bertz CT molecular complexity index is 1120. The molecule has 274 valence electrons. The van der Waals surface area contributed by atoms with Gasteiger partial charge in [-0.25, -0.2) is 4.79 Å². The molecule has 0 bridgehead atoms. The molecule has 48 heavy (non-hydrogen) atoms. The van der Waals surface area contributed by atoms with E-state index in [2.05, 4.69) is 13.0 Å². The molecule has 8 N–H and O–H groups in total. The van der Waals surface area contributed by atoms with E-state index in [0.717, 1.165) is 31.2 Å². The summed E-state index contributed by atoms with van der Waals surface area (Å²) in [7, 11) is 0. The lowest BCUT2D eigenvalue weighted by Gasteiger charge is -2.35. The van der Waals surface area contributed by atoms with Crippen molar-refractivity contribution in [3.05, 3.63) is 29.3 Å². The summed E-state index contributed by atoms with van der Waals surface area (Å²) in [6.45, 7) is 1.03. The second-order valence-electron chi connectivity index (χ2n) is 13.7. The molecule has 2 aliphatic carbocycles. The minimum Gasteiger partial charge on any atom is -0.482 e. The topological polar surface area (TPSA) is 216 Å². The second kappa shape index (κ2) is 18.9. The predicted molar refractivity (Wildman–Crippen MR) is 171 cm³/mol. The molecule has 12 atom stereocenters. The molecular weight excluding hydrogens is 628 g/mol. The van der Waals surface area contributed by atoms with Crippen LogP contribution in [0.4, 0.5) is 0 Å². The van der Waals surface area contributed by atoms with Gasteiger partial charge >= 0.3 is 5.97 Å². The van der Waals surface area contributed by atoms with Crippen molar-refractivity contribution < 1.29 is 64.6 Å². The molecule has 4 aliphatic rings. The smallest absolute Gasteiger partial charge is 0.346 e. The van der Waals surface area contributed by atoms with Crippen molar-refractivity contribution in [3.63, 3.8) is 0 Å². The van der Waals surface area contributed by atoms with E-state index in [9.17, 15) is 25.2 Å². The van der Waals surface area contributed by atoms with Gasteiger partial charge in [0.15, 0.2) is 12.9 Å². The molecule has 0 amide bonds. The van der Waals surface area contributed by atoms with Crippen molar-refractivity contribution >= 4 is 5.97 Å². The second-order valence-corrected chi connectivity index (χ2v) is 13.7. The third-order valence-corrected chi connectivity index (χ3v) is 10.3. The fourth-order valence-corrected chi connectivity index (χ4v) is 7.64. The van der Waals surface area contributed by atoms with Crippen LogP contribution in [0.5, 0.6) is 5.75 Å². The number of fused-ring (bicyclic) bond motifs is 2. The van der Waals surface area contributed by atoms with E-state index in [1.54, 1.807) is 0 Å². The average molecular weight is 685 g/mol. The van der Waals surface area contributed by atoms with Crippen LogP contribution in [0.15, 0.2) is 18.2 Å². The van der Waals surface area contributed by atoms with Gasteiger partial charge in [0.05, 0.1) is 31.5 Å².